The molecule has 0 spiro atoms. The Balaban J connectivity index is 2.20. The average Bonchev–Trinajstić information content (AvgIpc) is 2.70. The molecule has 4 nitrogen and oxygen atoms in total. The van der Waals surface area contributed by atoms with Crippen molar-refractivity contribution < 1.29 is 9.84 Å². The number of aliphatic hydroxyl groups excluding tert-OH is 1. The molecule has 1 aromatic carbocycles. The van der Waals surface area contributed by atoms with Crippen LogP contribution in [0.1, 0.15) is 5.01 Å². The normalized spacial score (nSPS) is 10.4. The van der Waals surface area contributed by atoms with Gasteiger partial charge in [-0.15, -0.1) is 5.10 Å². The highest BCUT2D eigenvalue weighted by Gasteiger charge is 2.08. The van der Waals surface area contributed by atoms with Crippen LogP contribution in [0.3, 0.4) is 0 Å². The van der Waals surface area contributed by atoms with Gasteiger partial charge in [0, 0.05) is 5.02 Å². The topological polar surface area (TPSA) is 55.2 Å². The van der Waals surface area contributed by atoms with Crippen LogP contribution in [0.15, 0.2) is 18.2 Å². The molecular weight excluding hydrogens is 271 g/mol. The average molecular weight is 277 g/mol. The van der Waals surface area contributed by atoms with Crippen LogP contribution in [0.25, 0.3) is 0 Å². The molecule has 0 amide bonds. The third kappa shape index (κ3) is 2.62. The van der Waals surface area contributed by atoms with Crippen molar-refractivity contribution in [2.75, 3.05) is 0 Å². The highest BCUT2D eigenvalue weighted by atomic mass is 35.5. The molecule has 0 saturated carbocycles. The first-order valence-corrected chi connectivity index (χ1v) is 5.82. The fourth-order valence-corrected chi connectivity index (χ4v) is 2.00. The number of rotatable bonds is 3. The molecule has 2 aromatic rings. The maximum atomic E-state index is 8.82. The molecule has 1 heterocycles. The second kappa shape index (κ2) is 4.97. The number of nitrogens with zero attached hydrogens (tertiary/aromatic N) is 2. The Bertz CT molecular complexity index is 504. The summed E-state index contributed by atoms with van der Waals surface area (Å²) < 4.78 is 5.39. The molecule has 0 unspecified atom stereocenters. The molecular formula is C9H6Cl2N2O2S. The van der Waals surface area contributed by atoms with Gasteiger partial charge in [-0.3, -0.25) is 0 Å². The maximum absolute atomic E-state index is 8.82. The lowest BCUT2D eigenvalue weighted by atomic mass is 10.3. The van der Waals surface area contributed by atoms with Gasteiger partial charge in [0.15, 0.2) is 0 Å². The number of aliphatic hydroxyl groups is 1. The monoisotopic (exact) mass is 276 g/mol. The summed E-state index contributed by atoms with van der Waals surface area (Å²) >= 11 is 12.8. The second-order valence-corrected chi connectivity index (χ2v) is 4.66. The Morgan fingerprint density at radius 1 is 1.31 bits per heavy atom. The van der Waals surface area contributed by atoms with Crippen molar-refractivity contribution in [3.63, 3.8) is 0 Å². The van der Waals surface area contributed by atoms with Gasteiger partial charge in [0.1, 0.15) is 10.8 Å². The summed E-state index contributed by atoms with van der Waals surface area (Å²) in [4.78, 5) is 0. The summed E-state index contributed by atoms with van der Waals surface area (Å²) in [6.45, 7) is -0.157. The number of halogens is 2. The zero-order chi connectivity index (χ0) is 11.5. The molecule has 0 fully saturated rings. The highest BCUT2D eigenvalue weighted by molar-refractivity contribution is 7.13. The van der Waals surface area contributed by atoms with Crippen molar-refractivity contribution in [2.24, 2.45) is 0 Å². The van der Waals surface area contributed by atoms with E-state index in [1.807, 2.05) is 0 Å². The number of ether oxygens (including phenoxy) is 1. The molecule has 84 valence electrons. The summed E-state index contributed by atoms with van der Waals surface area (Å²) in [5.41, 5.74) is 0. The predicted molar refractivity (Wildman–Crippen MR) is 62.4 cm³/mol. The van der Waals surface area contributed by atoms with Crippen LogP contribution < -0.4 is 4.74 Å². The quantitative estimate of drug-likeness (QED) is 0.936. The van der Waals surface area contributed by atoms with Gasteiger partial charge in [0.05, 0.1) is 11.6 Å². The Hall–Kier alpha value is -0.880. The Kier molecular flexibility index (Phi) is 3.60. The first kappa shape index (κ1) is 11.6. The molecule has 0 aliphatic carbocycles. The van der Waals surface area contributed by atoms with E-state index in [4.69, 9.17) is 33.0 Å². The van der Waals surface area contributed by atoms with Crippen LogP contribution in [-0.4, -0.2) is 15.3 Å². The SMILES string of the molecule is OCc1nnc(Oc2ccc(Cl)cc2Cl)s1. The van der Waals surface area contributed by atoms with Crippen molar-refractivity contribution in [2.45, 2.75) is 6.61 Å². The summed E-state index contributed by atoms with van der Waals surface area (Å²) in [7, 11) is 0. The fourth-order valence-electron chi connectivity index (χ4n) is 0.995. The van der Waals surface area contributed by atoms with Gasteiger partial charge in [0.2, 0.25) is 0 Å². The second-order valence-electron chi connectivity index (χ2n) is 2.80. The van der Waals surface area contributed by atoms with E-state index in [0.29, 0.717) is 26.0 Å². The Morgan fingerprint density at radius 3 is 2.75 bits per heavy atom. The lowest BCUT2D eigenvalue weighted by Gasteiger charge is -2.03. The number of aromatic nitrogens is 2. The van der Waals surface area contributed by atoms with Crippen LogP contribution in [-0.2, 0) is 6.61 Å². The molecule has 0 radical (unpaired) electrons. The Morgan fingerprint density at radius 2 is 2.12 bits per heavy atom. The summed E-state index contributed by atoms with van der Waals surface area (Å²) in [5.74, 6) is 0.451. The molecule has 0 bridgehead atoms. The molecule has 0 saturated heterocycles. The first-order valence-electron chi connectivity index (χ1n) is 4.25. The van der Waals surface area contributed by atoms with Gasteiger partial charge < -0.3 is 9.84 Å². The van der Waals surface area contributed by atoms with Crippen molar-refractivity contribution >= 4 is 34.5 Å². The fraction of sp³-hybridized carbons (Fsp3) is 0.111. The van der Waals surface area contributed by atoms with Gasteiger partial charge in [-0.05, 0) is 18.2 Å². The van der Waals surface area contributed by atoms with Gasteiger partial charge in [-0.25, -0.2) is 0 Å². The summed E-state index contributed by atoms with van der Waals surface area (Å²) in [6, 6.07) is 4.88. The lowest BCUT2D eigenvalue weighted by Crippen LogP contribution is -1.84. The van der Waals surface area contributed by atoms with Crippen molar-refractivity contribution in [1.29, 1.82) is 0 Å². The largest absolute Gasteiger partial charge is 0.428 e. The van der Waals surface area contributed by atoms with E-state index in [1.54, 1.807) is 18.2 Å². The molecule has 0 atom stereocenters. The van der Waals surface area contributed by atoms with E-state index < -0.39 is 0 Å². The van der Waals surface area contributed by atoms with Crippen molar-refractivity contribution in [3.8, 4) is 10.9 Å². The highest BCUT2D eigenvalue weighted by Crippen LogP contribution is 2.32. The predicted octanol–water partition coefficient (Wildman–Crippen LogP) is 3.13. The van der Waals surface area contributed by atoms with Gasteiger partial charge in [0.25, 0.3) is 5.19 Å². The van der Waals surface area contributed by atoms with Crippen LogP contribution in [0.5, 0.6) is 10.9 Å². The standard InChI is InChI=1S/C9H6Cl2N2O2S/c10-5-1-2-7(6(11)3-5)15-9-13-12-8(4-14)16-9/h1-3,14H,4H2. The lowest BCUT2D eigenvalue weighted by molar-refractivity contribution is 0.280. The molecule has 16 heavy (non-hydrogen) atoms. The third-order valence-corrected chi connectivity index (χ3v) is 2.99. The van der Waals surface area contributed by atoms with Gasteiger partial charge in [-0.2, -0.15) is 0 Å². The van der Waals surface area contributed by atoms with Crippen LogP contribution in [0, 0.1) is 0 Å². The summed E-state index contributed by atoms with van der Waals surface area (Å²) in [6.07, 6.45) is 0. The molecule has 0 aliphatic rings. The van der Waals surface area contributed by atoms with E-state index in [9.17, 15) is 0 Å². The third-order valence-electron chi connectivity index (χ3n) is 1.67. The minimum absolute atomic E-state index is 0.157. The van der Waals surface area contributed by atoms with E-state index in [-0.39, 0.29) is 6.61 Å². The van der Waals surface area contributed by atoms with Gasteiger partial charge >= 0.3 is 0 Å². The molecule has 1 aromatic heterocycles. The first-order chi connectivity index (χ1) is 7.69. The van der Waals surface area contributed by atoms with Crippen LogP contribution in [0.2, 0.25) is 10.0 Å². The smallest absolute Gasteiger partial charge is 0.299 e. The van der Waals surface area contributed by atoms with Crippen molar-refractivity contribution in [1.82, 2.24) is 10.2 Å². The molecule has 2 rings (SSSR count). The molecule has 7 heteroatoms. The molecule has 1 N–H and O–H groups in total. The van der Waals surface area contributed by atoms with E-state index >= 15 is 0 Å². The van der Waals surface area contributed by atoms with Crippen LogP contribution in [0.4, 0.5) is 0 Å². The maximum Gasteiger partial charge on any atom is 0.299 e. The van der Waals surface area contributed by atoms with Crippen molar-refractivity contribution in [3.05, 3.63) is 33.3 Å². The minimum Gasteiger partial charge on any atom is -0.428 e. The van der Waals surface area contributed by atoms with E-state index in [2.05, 4.69) is 10.2 Å². The van der Waals surface area contributed by atoms with E-state index in [0.717, 1.165) is 11.3 Å². The zero-order valence-electron chi connectivity index (χ0n) is 7.85. The van der Waals surface area contributed by atoms with Crippen LogP contribution >= 0.6 is 34.5 Å². The zero-order valence-corrected chi connectivity index (χ0v) is 10.2. The van der Waals surface area contributed by atoms with Gasteiger partial charge in [-0.1, -0.05) is 39.6 Å². The Labute approximate surface area is 105 Å². The number of hydrogen-bond donors (Lipinski definition) is 1. The minimum atomic E-state index is -0.157. The molecule has 0 aliphatic heterocycles. The van der Waals surface area contributed by atoms with E-state index in [1.165, 1.54) is 0 Å². The number of hydrogen-bond acceptors (Lipinski definition) is 5. The number of benzene rings is 1. The summed E-state index contributed by atoms with van der Waals surface area (Å²) in [5, 5.41) is 18.0.